The number of ether oxygens (including phenoxy) is 1. The summed E-state index contributed by atoms with van der Waals surface area (Å²) in [6.45, 7) is 9.56. The number of aliphatic hydroxyl groups excluding tert-OH is 1. The van der Waals surface area contributed by atoms with E-state index in [-0.39, 0.29) is 29.2 Å². The number of anilines is 2. The second-order valence-corrected chi connectivity index (χ2v) is 13.6. The summed E-state index contributed by atoms with van der Waals surface area (Å²) in [6, 6.07) is 5.46. The van der Waals surface area contributed by atoms with Crippen molar-refractivity contribution in [3.05, 3.63) is 92.2 Å². The van der Waals surface area contributed by atoms with E-state index in [0.717, 1.165) is 55.0 Å². The van der Waals surface area contributed by atoms with Crippen molar-refractivity contribution in [3.63, 3.8) is 0 Å². The Morgan fingerprint density at radius 3 is 2.74 bits per heavy atom. The van der Waals surface area contributed by atoms with Gasteiger partial charge in [-0.05, 0) is 54.0 Å². The van der Waals surface area contributed by atoms with Crippen LogP contribution >= 0.6 is 0 Å². The number of hydrogen-bond acceptors (Lipinski definition) is 8. The molecule has 1 aliphatic heterocycles. The zero-order valence-electron chi connectivity index (χ0n) is 27.1. The van der Waals surface area contributed by atoms with Crippen LogP contribution < -0.4 is 16.4 Å². The quantitative estimate of drug-likeness (QED) is 0.306. The van der Waals surface area contributed by atoms with Crippen molar-refractivity contribution >= 4 is 22.6 Å². The van der Waals surface area contributed by atoms with E-state index in [4.69, 9.17) is 9.84 Å². The van der Waals surface area contributed by atoms with Crippen molar-refractivity contribution in [2.75, 3.05) is 38.7 Å². The van der Waals surface area contributed by atoms with Crippen LogP contribution in [0, 0.1) is 11.3 Å². The van der Waals surface area contributed by atoms with Crippen molar-refractivity contribution in [1.82, 2.24) is 33.4 Å². The molecule has 0 radical (unpaired) electrons. The van der Waals surface area contributed by atoms with E-state index in [1.54, 1.807) is 32.7 Å². The molecule has 2 N–H and O–H groups in total. The Morgan fingerprint density at radius 2 is 1.96 bits per heavy atom. The predicted molar refractivity (Wildman–Crippen MR) is 176 cm³/mol. The summed E-state index contributed by atoms with van der Waals surface area (Å²) in [5.74, 6) is 0.146. The monoisotopic (exact) mass is 626 g/mol. The van der Waals surface area contributed by atoms with E-state index in [9.17, 15) is 14.7 Å². The number of hydrogen-bond donors (Lipinski definition) is 2. The minimum Gasteiger partial charge on any atom is -0.396 e. The Balaban J connectivity index is 1.18. The van der Waals surface area contributed by atoms with Gasteiger partial charge in [-0.1, -0.05) is 32.1 Å². The third kappa shape index (κ3) is 5.14. The zero-order chi connectivity index (χ0) is 32.3. The van der Waals surface area contributed by atoms with Gasteiger partial charge in [0.25, 0.3) is 11.1 Å². The maximum absolute atomic E-state index is 13.8. The van der Waals surface area contributed by atoms with Crippen LogP contribution in [0.15, 0.2) is 58.5 Å². The lowest BCUT2D eigenvalue weighted by atomic mass is 9.84. The second kappa shape index (κ2) is 11.5. The third-order valence-electron chi connectivity index (χ3n) is 9.89. The number of pyridine rings is 1. The van der Waals surface area contributed by atoms with Gasteiger partial charge >= 0.3 is 0 Å². The van der Waals surface area contributed by atoms with Crippen LogP contribution in [-0.2, 0) is 31.2 Å². The van der Waals surface area contributed by atoms with E-state index in [2.05, 4.69) is 36.1 Å². The van der Waals surface area contributed by atoms with Gasteiger partial charge in [-0.15, -0.1) is 0 Å². The largest absolute Gasteiger partial charge is 0.396 e. The fraction of sp³-hybridized carbons (Fsp3) is 0.471. The minimum atomic E-state index is -0.500. The second-order valence-electron chi connectivity index (χ2n) is 13.6. The van der Waals surface area contributed by atoms with Gasteiger partial charge in [0.2, 0.25) is 0 Å². The Morgan fingerprint density at radius 1 is 1.13 bits per heavy atom. The molecular weight excluding hydrogens is 584 g/mol. The molecule has 0 fully saturated rings. The molecule has 0 bridgehead atoms. The number of aryl methyl sites for hydroxylation is 1. The molecule has 0 spiro atoms. The number of rotatable bonds is 8. The molecule has 5 heterocycles. The average Bonchev–Trinajstić information content (AvgIpc) is 3.69. The molecule has 3 aliphatic rings. The Bertz CT molecular complexity index is 1990. The highest BCUT2D eigenvalue weighted by Crippen LogP contribution is 2.39. The maximum atomic E-state index is 13.8. The number of aliphatic hydroxyl groups is 1. The lowest BCUT2D eigenvalue weighted by Crippen LogP contribution is -2.38. The SMILES string of the molecule is COCCN1CCn2nc(Nc3cc(C4=CC=CC(n5ncn6c7c(cc6c5=O)CC(C)(C)C7)C4CO)cn(C)c3=O)cc2[C@H]1C. The normalized spacial score (nSPS) is 22.2. The summed E-state index contributed by atoms with van der Waals surface area (Å²) < 4.78 is 12.2. The van der Waals surface area contributed by atoms with Gasteiger partial charge in [0.1, 0.15) is 17.5 Å². The standard InChI is InChI=1S/C34H42N8O4/c1-21-28-15-31(37-41(28)10-9-39(21)11-12-46-5)36-26-13-23(18-38(4)32(26)44)24-7-6-8-27(25(24)19-43)42-33(45)29-14-22-16-34(2,3)17-30(22)40(29)20-35-42/h6-8,13-15,18,20-21,25,27,43H,9-12,16-17,19H2,1-5H3,(H,36,37)/t21-,25?,27?/m1/s1. The molecule has 2 aliphatic carbocycles. The molecule has 46 heavy (non-hydrogen) atoms. The van der Waals surface area contributed by atoms with Crippen LogP contribution in [0.3, 0.4) is 0 Å². The lowest BCUT2D eigenvalue weighted by Gasteiger charge is -2.33. The van der Waals surface area contributed by atoms with Crippen molar-refractivity contribution in [1.29, 1.82) is 0 Å². The fourth-order valence-corrected chi connectivity index (χ4v) is 7.49. The summed E-state index contributed by atoms with van der Waals surface area (Å²) in [7, 11) is 3.42. The summed E-state index contributed by atoms with van der Waals surface area (Å²) in [5.41, 5.74) is 5.76. The highest BCUT2D eigenvalue weighted by molar-refractivity contribution is 5.73. The minimum absolute atomic E-state index is 0.165. The van der Waals surface area contributed by atoms with Crippen LogP contribution in [0.5, 0.6) is 0 Å². The highest BCUT2D eigenvalue weighted by atomic mass is 16.5. The Hall–Kier alpha value is -4.26. The van der Waals surface area contributed by atoms with Gasteiger partial charge in [0, 0.05) is 57.2 Å². The number of nitrogens with one attached hydrogen (secondary N) is 1. The van der Waals surface area contributed by atoms with Crippen LogP contribution in [0.2, 0.25) is 0 Å². The lowest BCUT2D eigenvalue weighted by molar-refractivity contribution is 0.104. The van der Waals surface area contributed by atoms with E-state index in [0.29, 0.717) is 23.6 Å². The number of nitrogens with zero attached hydrogens (tertiary/aromatic N) is 7. The van der Waals surface area contributed by atoms with Crippen molar-refractivity contribution in [3.8, 4) is 0 Å². The summed E-state index contributed by atoms with van der Waals surface area (Å²) >= 11 is 0. The molecule has 12 nitrogen and oxygen atoms in total. The first kappa shape index (κ1) is 30.4. The number of fused-ring (bicyclic) bond motifs is 4. The van der Waals surface area contributed by atoms with Gasteiger partial charge in [0.05, 0.1) is 31.5 Å². The first-order chi connectivity index (χ1) is 22.1. The van der Waals surface area contributed by atoms with Gasteiger partial charge in [-0.2, -0.15) is 10.2 Å². The molecule has 242 valence electrons. The van der Waals surface area contributed by atoms with Gasteiger partial charge in [-0.3, -0.25) is 23.6 Å². The van der Waals surface area contributed by atoms with E-state index >= 15 is 0 Å². The van der Waals surface area contributed by atoms with E-state index < -0.39 is 12.0 Å². The number of aromatic nitrogens is 6. The molecule has 2 unspecified atom stereocenters. The molecular formula is C34H42N8O4. The molecule has 4 aromatic heterocycles. The molecule has 7 rings (SSSR count). The highest BCUT2D eigenvalue weighted by Gasteiger charge is 2.34. The molecule has 12 heteroatoms. The van der Waals surface area contributed by atoms with Crippen LogP contribution in [0.4, 0.5) is 11.5 Å². The molecule has 0 aromatic carbocycles. The van der Waals surface area contributed by atoms with Crippen molar-refractivity contribution in [2.24, 2.45) is 18.4 Å². The molecule has 0 saturated heterocycles. The molecule has 4 aromatic rings. The van der Waals surface area contributed by atoms with Gasteiger partial charge in [-0.25, -0.2) is 4.68 Å². The zero-order valence-corrected chi connectivity index (χ0v) is 27.1. The van der Waals surface area contributed by atoms with Crippen LogP contribution in [0.1, 0.15) is 55.4 Å². The fourth-order valence-electron chi connectivity index (χ4n) is 7.49. The van der Waals surface area contributed by atoms with E-state index in [1.165, 1.54) is 14.8 Å². The number of methoxy groups -OCH3 is 1. The topological polar surface area (TPSA) is 124 Å². The smallest absolute Gasteiger partial charge is 0.291 e. The van der Waals surface area contributed by atoms with Crippen LogP contribution in [-0.4, -0.2) is 71.9 Å². The van der Waals surface area contributed by atoms with Gasteiger partial charge in [0.15, 0.2) is 5.82 Å². The molecule has 0 saturated carbocycles. The first-order valence-corrected chi connectivity index (χ1v) is 16.0. The predicted octanol–water partition coefficient (Wildman–Crippen LogP) is 3.09. The van der Waals surface area contributed by atoms with Crippen molar-refractivity contribution < 1.29 is 9.84 Å². The maximum Gasteiger partial charge on any atom is 0.291 e. The van der Waals surface area contributed by atoms with E-state index in [1.807, 2.05) is 39.4 Å². The number of allylic oxidation sites excluding steroid dienone is 3. The average molecular weight is 627 g/mol. The van der Waals surface area contributed by atoms with Crippen molar-refractivity contribution in [2.45, 2.75) is 52.2 Å². The molecule has 0 amide bonds. The summed E-state index contributed by atoms with van der Waals surface area (Å²) in [6.07, 6.45) is 11.1. The van der Waals surface area contributed by atoms with Gasteiger partial charge < -0.3 is 19.7 Å². The summed E-state index contributed by atoms with van der Waals surface area (Å²) in [4.78, 5) is 29.5. The Labute approximate surface area is 267 Å². The summed E-state index contributed by atoms with van der Waals surface area (Å²) in [5, 5.41) is 23.3. The first-order valence-electron chi connectivity index (χ1n) is 16.0. The Kier molecular flexibility index (Phi) is 7.61. The molecule has 3 atom stereocenters. The van der Waals surface area contributed by atoms with Crippen LogP contribution in [0.25, 0.3) is 11.1 Å². The third-order valence-corrected chi connectivity index (χ3v) is 9.89.